The molecular weight excluding hydrogens is 431 g/mol. The summed E-state index contributed by atoms with van der Waals surface area (Å²) < 4.78 is 41.9. The number of alkyl halides is 4. The number of nitrogens with zero attached hydrogens (tertiary/aromatic N) is 2. The van der Waals surface area contributed by atoms with Gasteiger partial charge in [0, 0.05) is 35.9 Å². The Hall–Kier alpha value is -3.13. The van der Waals surface area contributed by atoms with Gasteiger partial charge in [0.05, 0.1) is 11.2 Å². The third-order valence-electron chi connectivity index (χ3n) is 4.35. The summed E-state index contributed by atoms with van der Waals surface area (Å²) in [5.41, 5.74) is 4.87. The molecule has 0 saturated heterocycles. The number of carbonyl (C=O) groups is 1. The fourth-order valence-electron chi connectivity index (χ4n) is 2.98. The highest BCUT2D eigenvalue weighted by Gasteiger charge is 2.31. The van der Waals surface area contributed by atoms with Crippen LogP contribution in [-0.4, -0.2) is 28.8 Å². The molecule has 0 unspecified atom stereocenters. The van der Waals surface area contributed by atoms with E-state index in [4.69, 9.17) is 11.6 Å². The molecule has 0 radical (unpaired) electrons. The normalized spacial score (nSPS) is 12.1. The number of carbonyl (C=O) groups excluding carboxylic acids is 1. The lowest BCUT2D eigenvalue weighted by Gasteiger charge is -2.13. The van der Waals surface area contributed by atoms with Gasteiger partial charge in [-0.25, -0.2) is 5.43 Å². The number of rotatable bonds is 8. The summed E-state index contributed by atoms with van der Waals surface area (Å²) in [6.07, 6.45) is -2.23. The van der Waals surface area contributed by atoms with Crippen LogP contribution >= 0.6 is 11.6 Å². The zero-order valence-corrected chi connectivity index (χ0v) is 17.1. The molecule has 2 aromatic carbocycles. The van der Waals surface area contributed by atoms with Gasteiger partial charge in [0.2, 0.25) is 5.91 Å². The Labute approximate surface area is 181 Å². The number of ether oxygens (including phenoxy) is 1. The maximum absolute atomic E-state index is 12.6. The first-order valence-electron chi connectivity index (χ1n) is 9.46. The number of amides is 1. The first-order chi connectivity index (χ1) is 14.9. The number of hydrogen-bond acceptors (Lipinski definition) is 4. The van der Waals surface area contributed by atoms with Crippen LogP contribution in [0.1, 0.15) is 24.0 Å². The molecule has 0 bridgehead atoms. The van der Waals surface area contributed by atoms with E-state index in [1.165, 1.54) is 18.2 Å². The first-order valence-corrected chi connectivity index (χ1v) is 9.99. The predicted octanol–water partition coefficient (Wildman–Crippen LogP) is 5.22. The quantitative estimate of drug-likeness (QED) is 0.291. The van der Waals surface area contributed by atoms with Gasteiger partial charge in [-0.05, 0) is 36.2 Å². The summed E-state index contributed by atoms with van der Waals surface area (Å²) in [4.78, 5) is 16.3. The van der Waals surface area contributed by atoms with Crippen LogP contribution in [-0.2, 0) is 11.2 Å². The largest absolute Gasteiger partial charge is 0.573 e. The van der Waals surface area contributed by atoms with Crippen LogP contribution in [0.25, 0.3) is 10.9 Å². The number of benzene rings is 2. The molecule has 0 spiro atoms. The van der Waals surface area contributed by atoms with Gasteiger partial charge >= 0.3 is 6.36 Å². The number of fused-ring (bicyclic) bond motifs is 1. The van der Waals surface area contributed by atoms with Gasteiger partial charge in [-0.1, -0.05) is 30.3 Å². The molecule has 162 valence electrons. The van der Waals surface area contributed by atoms with Gasteiger partial charge in [-0.15, -0.1) is 24.8 Å². The van der Waals surface area contributed by atoms with Crippen molar-refractivity contribution in [2.75, 3.05) is 5.88 Å². The highest BCUT2D eigenvalue weighted by Crippen LogP contribution is 2.25. The van der Waals surface area contributed by atoms with Gasteiger partial charge in [-0.2, -0.15) is 5.10 Å². The van der Waals surface area contributed by atoms with Crippen LogP contribution in [0.15, 0.2) is 65.9 Å². The van der Waals surface area contributed by atoms with E-state index in [1.807, 2.05) is 30.3 Å². The number of halogens is 4. The smallest absolute Gasteiger partial charge is 0.406 e. The van der Waals surface area contributed by atoms with Crippen LogP contribution in [0, 0.1) is 0 Å². The fraction of sp³-hybridized carbons (Fsp3) is 0.227. The zero-order chi connectivity index (χ0) is 22.3. The Morgan fingerprint density at radius 1 is 1.13 bits per heavy atom. The molecule has 3 rings (SSSR count). The molecule has 1 aromatic heterocycles. The van der Waals surface area contributed by atoms with Crippen LogP contribution in [0.2, 0.25) is 0 Å². The predicted molar refractivity (Wildman–Crippen MR) is 113 cm³/mol. The number of pyridine rings is 1. The molecule has 0 fully saturated rings. The van der Waals surface area contributed by atoms with E-state index in [0.29, 0.717) is 23.6 Å². The molecule has 0 aliphatic rings. The minimum Gasteiger partial charge on any atom is -0.406 e. The van der Waals surface area contributed by atoms with Crippen molar-refractivity contribution in [3.63, 3.8) is 0 Å². The van der Waals surface area contributed by atoms with Crippen molar-refractivity contribution in [3.05, 3.63) is 71.9 Å². The summed E-state index contributed by atoms with van der Waals surface area (Å²) >= 11 is 5.61. The van der Waals surface area contributed by atoms with E-state index in [2.05, 4.69) is 20.2 Å². The van der Waals surface area contributed by atoms with Gasteiger partial charge in [0.15, 0.2) is 0 Å². The third kappa shape index (κ3) is 6.68. The number of nitrogens with one attached hydrogen (secondary N) is 1. The minimum absolute atomic E-state index is 0.190. The van der Waals surface area contributed by atoms with E-state index in [1.54, 1.807) is 12.3 Å². The molecule has 5 nitrogen and oxygen atoms in total. The fourth-order valence-corrected chi connectivity index (χ4v) is 3.12. The molecule has 0 aliphatic heterocycles. The number of aromatic nitrogens is 1. The Balaban J connectivity index is 1.95. The minimum atomic E-state index is -4.81. The van der Waals surface area contributed by atoms with E-state index >= 15 is 0 Å². The van der Waals surface area contributed by atoms with Crippen molar-refractivity contribution in [1.82, 2.24) is 10.4 Å². The van der Waals surface area contributed by atoms with Crippen molar-refractivity contribution < 1.29 is 22.7 Å². The van der Waals surface area contributed by atoms with E-state index in [9.17, 15) is 18.0 Å². The molecule has 0 aliphatic carbocycles. The average Bonchev–Trinajstić information content (AvgIpc) is 2.74. The Morgan fingerprint density at radius 3 is 2.71 bits per heavy atom. The zero-order valence-electron chi connectivity index (χ0n) is 16.3. The summed E-state index contributed by atoms with van der Waals surface area (Å²) in [5.74, 6) is -0.365. The molecule has 0 atom stereocenters. The lowest BCUT2D eigenvalue weighted by atomic mass is 9.99. The SMILES string of the molecule is O=C(CCCCl)NN=C(Cc1ccnc2ccccc12)c1cccc(OC(F)(F)F)c1. The molecule has 1 N–H and O–H groups in total. The molecular formula is C22H19ClF3N3O2. The number of hydrazone groups is 1. The van der Waals surface area contributed by atoms with E-state index in [0.717, 1.165) is 16.5 Å². The standard InChI is InChI=1S/C22H19ClF3N3O2/c23-11-4-9-21(30)29-28-20(16-5-3-6-17(13-16)31-22(24,25)26)14-15-10-12-27-19-8-2-1-7-18(15)19/h1-3,5-8,10,12-13H,4,9,11,14H2,(H,29,30). The van der Waals surface area contributed by atoms with Gasteiger partial charge in [-0.3, -0.25) is 9.78 Å². The average molecular weight is 450 g/mol. The molecule has 3 aromatic rings. The summed E-state index contributed by atoms with van der Waals surface area (Å²) in [6, 6.07) is 14.8. The van der Waals surface area contributed by atoms with Gasteiger partial charge in [0.25, 0.3) is 0 Å². The first kappa shape index (κ1) is 22.6. The highest BCUT2D eigenvalue weighted by atomic mass is 35.5. The van der Waals surface area contributed by atoms with Crippen molar-refractivity contribution in [2.45, 2.75) is 25.6 Å². The maximum Gasteiger partial charge on any atom is 0.573 e. The molecule has 9 heteroatoms. The topological polar surface area (TPSA) is 63.6 Å². The second-order valence-electron chi connectivity index (χ2n) is 6.63. The van der Waals surface area contributed by atoms with E-state index < -0.39 is 6.36 Å². The second kappa shape index (κ2) is 10.3. The van der Waals surface area contributed by atoms with Crippen molar-refractivity contribution in [1.29, 1.82) is 0 Å². The second-order valence-corrected chi connectivity index (χ2v) is 7.00. The maximum atomic E-state index is 12.6. The summed E-state index contributed by atoms with van der Waals surface area (Å²) in [7, 11) is 0. The van der Waals surface area contributed by atoms with Crippen molar-refractivity contribution in [2.24, 2.45) is 5.10 Å². The lowest BCUT2D eigenvalue weighted by molar-refractivity contribution is -0.274. The number of hydrogen-bond donors (Lipinski definition) is 1. The Kier molecular flexibility index (Phi) is 7.46. The van der Waals surface area contributed by atoms with Gasteiger partial charge in [0.1, 0.15) is 5.75 Å². The number of para-hydroxylation sites is 1. The Bertz CT molecular complexity index is 1080. The monoisotopic (exact) mass is 449 g/mol. The molecule has 1 heterocycles. The highest BCUT2D eigenvalue weighted by molar-refractivity contribution is 6.17. The van der Waals surface area contributed by atoms with Gasteiger partial charge < -0.3 is 4.74 Å². The molecule has 1 amide bonds. The molecule has 31 heavy (non-hydrogen) atoms. The van der Waals surface area contributed by atoms with Crippen LogP contribution in [0.5, 0.6) is 5.75 Å². The third-order valence-corrected chi connectivity index (χ3v) is 4.62. The van der Waals surface area contributed by atoms with Crippen molar-refractivity contribution >= 4 is 34.1 Å². The summed E-state index contributed by atoms with van der Waals surface area (Å²) in [6.45, 7) is 0. The van der Waals surface area contributed by atoms with Crippen LogP contribution in [0.4, 0.5) is 13.2 Å². The lowest BCUT2D eigenvalue weighted by Crippen LogP contribution is -2.21. The molecule has 0 saturated carbocycles. The van der Waals surface area contributed by atoms with Crippen LogP contribution < -0.4 is 10.2 Å². The van der Waals surface area contributed by atoms with Crippen molar-refractivity contribution in [3.8, 4) is 5.75 Å². The van der Waals surface area contributed by atoms with Crippen LogP contribution in [0.3, 0.4) is 0 Å². The van der Waals surface area contributed by atoms with E-state index in [-0.39, 0.29) is 24.5 Å². The Morgan fingerprint density at radius 2 is 1.94 bits per heavy atom. The summed E-state index contributed by atoms with van der Waals surface area (Å²) in [5, 5.41) is 5.09.